The number of allylic oxidation sites excluding steroid dienone is 10. The number of aliphatic hydroxyl groups excluding tert-OH is 1. The zero-order valence-electron chi connectivity index (χ0n) is 21.7. The lowest BCUT2D eigenvalue weighted by molar-refractivity contribution is 0.201. The molecule has 0 aromatic carbocycles. The van der Waals surface area contributed by atoms with Crippen LogP contribution in [0.5, 0.6) is 0 Å². The molecule has 0 fully saturated rings. The van der Waals surface area contributed by atoms with Gasteiger partial charge in [-0.2, -0.15) is 0 Å². The van der Waals surface area contributed by atoms with E-state index in [4.69, 9.17) is 0 Å². The smallest absolute Gasteiger partial charge is 0.0747 e. The quantitative estimate of drug-likeness (QED) is 0.192. The molecule has 0 bridgehead atoms. The van der Waals surface area contributed by atoms with Gasteiger partial charge < -0.3 is 5.11 Å². The van der Waals surface area contributed by atoms with Crippen molar-refractivity contribution in [1.29, 1.82) is 0 Å². The average Bonchev–Trinajstić information content (AvgIpc) is 2.69. The average molecular weight is 427 g/mol. The van der Waals surface area contributed by atoms with Gasteiger partial charge in [0.05, 0.1) is 6.10 Å². The Morgan fingerprint density at radius 2 is 0.935 bits per heavy atom. The van der Waals surface area contributed by atoms with Gasteiger partial charge in [0, 0.05) is 0 Å². The van der Waals surface area contributed by atoms with Gasteiger partial charge >= 0.3 is 0 Å². The van der Waals surface area contributed by atoms with Gasteiger partial charge in [-0.25, -0.2) is 0 Å². The lowest BCUT2D eigenvalue weighted by Crippen LogP contribution is -2.06. The molecule has 1 nitrogen and oxygen atoms in total. The first-order valence-corrected chi connectivity index (χ1v) is 12.2. The molecule has 0 aliphatic rings. The summed E-state index contributed by atoms with van der Waals surface area (Å²) >= 11 is 0. The predicted octanol–water partition coefficient (Wildman–Crippen LogP) is 9.58. The molecule has 0 spiro atoms. The Hall–Kier alpha value is -1.60. The minimum atomic E-state index is -0.367. The van der Waals surface area contributed by atoms with Gasteiger partial charge in [-0.3, -0.25) is 0 Å². The van der Waals surface area contributed by atoms with Crippen LogP contribution in [0, 0.1) is 0 Å². The molecule has 0 saturated heterocycles. The van der Waals surface area contributed by atoms with E-state index in [-0.39, 0.29) is 6.10 Å². The minimum absolute atomic E-state index is 0.367. The molecule has 1 atom stereocenters. The van der Waals surface area contributed by atoms with Crippen molar-refractivity contribution in [3.05, 3.63) is 70.4 Å². The number of hydrogen-bond acceptors (Lipinski definition) is 1. The minimum Gasteiger partial charge on any atom is -0.389 e. The molecule has 0 radical (unpaired) electrons. The van der Waals surface area contributed by atoms with Crippen LogP contribution in [0.1, 0.15) is 113 Å². The van der Waals surface area contributed by atoms with Crippen molar-refractivity contribution in [2.24, 2.45) is 0 Å². The molecular formula is C30H50O. The first kappa shape index (κ1) is 29.4. The van der Waals surface area contributed by atoms with E-state index in [1.165, 1.54) is 47.1 Å². The van der Waals surface area contributed by atoms with Crippen molar-refractivity contribution < 1.29 is 5.11 Å². The Morgan fingerprint density at radius 1 is 0.581 bits per heavy atom. The van der Waals surface area contributed by atoms with E-state index in [2.05, 4.69) is 78.5 Å². The highest BCUT2D eigenvalue weighted by Gasteiger charge is 2.04. The molecule has 0 rings (SSSR count). The highest BCUT2D eigenvalue weighted by Crippen LogP contribution is 2.15. The maximum Gasteiger partial charge on any atom is 0.0747 e. The number of aliphatic hydroxyl groups is 1. The number of hydrogen-bond donors (Lipinski definition) is 1. The van der Waals surface area contributed by atoms with Crippen molar-refractivity contribution in [2.75, 3.05) is 0 Å². The molecular weight excluding hydrogens is 376 g/mol. The maximum atomic E-state index is 9.82. The predicted molar refractivity (Wildman–Crippen MR) is 141 cm³/mol. The third-order valence-electron chi connectivity index (χ3n) is 5.69. The van der Waals surface area contributed by atoms with E-state index in [1.54, 1.807) is 0 Å². The molecule has 0 unspecified atom stereocenters. The molecule has 31 heavy (non-hydrogen) atoms. The lowest BCUT2D eigenvalue weighted by atomic mass is 10.0. The van der Waals surface area contributed by atoms with Gasteiger partial charge in [0.2, 0.25) is 0 Å². The van der Waals surface area contributed by atoms with Crippen LogP contribution in [0.2, 0.25) is 0 Å². The van der Waals surface area contributed by atoms with Crippen LogP contribution in [-0.4, -0.2) is 11.2 Å². The molecule has 1 heteroatoms. The van der Waals surface area contributed by atoms with Gasteiger partial charge in [0.25, 0.3) is 0 Å². The van der Waals surface area contributed by atoms with Crippen molar-refractivity contribution in [1.82, 2.24) is 0 Å². The second kappa shape index (κ2) is 18.0. The summed E-state index contributed by atoms with van der Waals surface area (Å²) in [6.07, 6.45) is 22.4. The molecule has 0 aromatic rings. The molecule has 0 aromatic heterocycles. The Labute approximate surface area is 194 Å². The summed E-state index contributed by atoms with van der Waals surface area (Å²) in [4.78, 5) is 0. The van der Waals surface area contributed by atoms with Crippen LogP contribution in [-0.2, 0) is 0 Å². The molecule has 176 valence electrons. The largest absolute Gasteiger partial charge is 0.389 e. The van der Waals surface area contributed by atoms with E-state index >= 15 is 0 Å². The van der Waals surface area contributed by atoms with Crippen LogP contribution < -0.4 is 0 Å². The van der Waals surface area contributed by atoms with Gasteiger partial charge in [0.15, 0.2) is 0 Å². The van der Waals surface area contributed by atoms with Crippen LogP contribution in [0.25, 0.3) is 0 Å². The summed E-state index contributed by atoms with van der Waals surface area (Å²) < 4.78 is 0. The Balaban J connectivity index is 4.08. The second-order valence-corrected chi connectivity index (χ2v) is 9.58. The number of unbranched alkanes of at least 4 members (excludes halogenated alkanes) is 1. The van der Waals surface area contributed by atoms with Gasteiger partial charge in [-0.15, -0.1) is 0 Å². The molecule has 1 N–H and O–H groups in total. The van der Waals surface area contributed by atoms with Gasteiger partial charge in [-0.1, -0.05) is 70.4 Å². The van der Waals surface area contributed by atoms with E-state index in [9.17, 15) is 5.11 Å². The standard InChI is InChI=1S/C30H50O/c1-24(2)14-11-17-28(7)20-12-18-26(5)15-9-10-16-27(6)19-13-21-29(8)22-23-30(31)25(3)4/h14-16,20-21,30-31H,3,9-13,17-19,22-23H2,1-2,4-8H3/b26-15+,27-16+,28-20+,29-21+/t30-/m0/s1. The van der Waals surface area contributed by atoms with E-state index in [1.807, 2.05) is 6.92 Å². The summed E-state index contributed by atoms with van der Waals surface area (Å²) in [6, 6.07) is 0. The van der Waals surface area contributed by atoms with E-state index in [0.29, 0.717) is 0 Å². The maximum absolute atomic E-state index is 9.82. The second-order valence-electron chi connectivity index (χ2n) is 9.58. The normalized spacial score (nSPS) is 14.6. The highest BCUT2D eigenvalue weighted by molar-refractivity contribution is 5.08. The fraction of sp³-hybridized carbons (Fsp3) is 0.600. The molecule has 0 saturated carbocycles. The monoisotopic (exact) mass is 426 g/mol. The third-order valence-corrected chi connectivity index (χ3v) is 5.69. The Bertz CT molecular complexity index is 663. The first-order chi connectivity index (χ1) is 14.6. The van der Waals surface area contributed by atoms with Crippen molar-refractivity contribution in [3.63, 3.8) is 0 Å². The first-order valence-electron chi connectivity index (χ1n) is 12.2. The highest BCUT2D eigenvalue weighted by atomic mass is 16.3. The van der Waals surface area contributed by atoms with Crippen molar-refractivity contribution >= 4 is 0 Å². The van der Waals surface area contributed by atoms with Crippen molar-refractivity contribution in [2.45, 2.75) is 119 Å². The summed E-state index contributed by atoms with van der Waals surface area (Å²) in [5.74, 6) is 0. The van der Waals surface area contributed by atoms with Crippen LogP contribution in [0.15, 0.2) is 70.4 Å². The third kappa shape index (κ3) is 18.9. The summed E-state index contributed by atoms with van der Waals surface area (Å²) in [6.45, 7) is 19.0. The Morgan fingerprint density at radius 3 is 1.32 bits per heavy atom. The van der Waals surface area contributed by atoms with Crippen LogP contribution in [0.3, 0.4) is 0 Å². The van der Waals surface area contributed by atoms with Crippen LogP contribution >= 0.6 is 0 Å². The van der Waals surface area contributed by atoms with Gasteiger partial charge in [-0.05, 0) is 113 Å². The molecule has 0 aliphatic carbocycles. The fourth-order valence-corrected chi connectivity index (χ4v) is 3.36. The molecule has 0 amide bonds. The van der Waals surface area contributed by atoms with Gasteiger partial charge in [0.1, 0.15) is 0 Å². The SMILES string of the molecule is C=C(C)[C@@H](O)CC/C(C)=C/CC/C(C)=C/CC/C=C(\C)CC/C=C(\C)CCC=C(C)C. The summed E-state index contributed by atoms with van der Waals surface area (Å²) in [5, 5.41) is 9.82. The van der Waals surface area contributed by atoms with E-state index < -0.39 is 0 Å². The molecule has 0 heterocycles. The summed E-state index contributed by atoms with van der Waals surface area (Å²) in [5.41, 5.74) is 8.14. The zero-order valence-corrected chi connectivity index (χ0v) is 21.7. The number of rotatable bonds is 16. The topological polar surface area (TPSA) is 20.2 Å². The van der Waals surface area contributed by atoms with Crippen molar-refractivity contribution in [3.8, 4) is 0 Å². The van der Waals surface area contributed by atoms with Crippen LogP contribution in [0.4, 0.5) is 0 Å². The Kier molecular flexibility index (Phi) is 17.1. The fourth-order valence-electron chi connectivity index (χ4n) is 3.36. The lowest BCUT2D eigenvalue weighted by Gasteiger charge is -2.09. The molecule has 0 aliphatic heterocycles. The van der Waals surface area contributed by atoms with E-state index in [0.717, 1.165) is 50.5 Å². The summed E-state index contributed by atoms with van der Waals surface area (Å²) in [7, 11) is 0. The zero-order chi connectivity index (χ0) is 23.6.